The summed E-state index contributed by atoms with van der Waals surface area (Å²) in [5.41, 5.74) is 4.61. The van der Waals surface area contributed by atoms with Crippen LogP contribution in [0, 0.1) is 5.92 Å². The van der Waals surface area contributed by atoms with E-state index in [-0.39, 0.29) is 0 Å². The number of unbranched alkanes of at least 4 members (excludes halogenated alkanes) is 2. The van der Waals surface area contributed by atoms with Gasteiger partial charge >= 0.3 is 0 Å². The molecule has 2 N–H and O–H groups in total. The third-order valence-corrected chi connectivity index (χ3v) is 5.40. The van der Waals surface area contributed by atoms with Crippen molar-refractivity contribution in [2.45, 2.75) is 59.4 Å². The van der Waals surface area contributed by atoms with Crippen molar-refractivity contribution in [1.82, 2.24) is 5.32 Å². The average Bonchev–Trinajstić information content (AvgIpc) is 2.81. The van der Waals surface area contributed by atoms with Crippen molar-refractivity contribution in [1.29, 1.82) is 0 Å². The van der Waals surface area contributed by atoms with Crippen LogP contribution in [0.5, 0.6) is 0 Å². The predicted molar refractivity (Wildman–Crippen MR) is 138 cm³/mol. The van der Waals surface area contributed by atoms with E-state index in [0.29, 0.717) is 5.92 Å². The van der Waals surface area contributed by atoms with Crippen molar-refractivity contribution in [3.63, 3.8) is 0 Å². The van der Waals surface area contributed by atoms with E-state index in [4.69, 9.17) is 9.73 Å². The van der Waals surface area contributed by atoms with Crippen LogP contribution < -0.4 is 10.6 Å². The van der Waals surface area contributed by atoms with E-state index in [1.54, 1.807) is 7.11 Å². The number of hydrogen-bond acceptors (Lipinski definition) is 3. The Bertz CT molecular complexity index is 830. The first-order valence-corrected chi connectivity index (χ1v) is 12.0. The first-order valence-electron chi connectivity index (χ1n) is 12.0. The smallest absolute Gasteiger partial charge is 0.134 e. The summed E-state index contributed by atoms with van der Waals surface area (Å²) in [5.74, 6) is 1.43. The number of methoxy groups -OCH3 is 1. The number of ether oxygens (including phenoxy) is 1. The van der Waals surface area contributed by atoms with Crippen molar-refractivity contribution < 1.29 is 4.74 Å². The van der Waals surface area contributed by atoms with Gasteiger partial charge in [-0.2, -0.15) is 0 Å². The number of amidine groups is 1. The van der Waals surface area contributed by atoms with Crippen LogP contribution in [-0.2, 0) is 11.3 Å². The van der Waals surface area contributed by atoms with Gasteiger partial charge in [0.2, 0.25) is 0 Å². The Labute approximate surface area is 195 Å². The van der Waals surface area contributed by atoms with Gasteiger partial charge in [0.05, 0.1) is 0 Å². The molecule has 1 atom stereocenters. The molecule has 0 aliphatic heterocycles. The molecule has 0 heterocycles. The van der Waals surface area contributed by atoms with Crippen LogP contribution in [0.15, 0.2) is 71.4 Å². The number of aliphatic imine (C=N–C) groups is 1. The standard InChI is InChI=1S/C28H41N3O/c1-5-6-12-19-29-28(31-24(3)21-23(2)14-13-20-32-4)26-17-10-11-18-27(26)30-22-25-15-8-7-9-16-25/h7-11,15-18,21,23,30H,5-6,12-14,19-20,22H2,1-4H3,(H,29,31)/b24-21+. The minimum atomic E-state index is 0.491. The summed E-state index contributed by atoms with van der Waals surface area (Å²) in [6, 6.07) is 18.9. The fraction of sp³-hybridized carbons (Fsp3) is 0.464. The number of anilines is 1. The van der Waals surface area contributed by atoms with Gasteiger partial charge in [-0.25, -0.2) is 0 Å². The zero-order valence-electron chi connectivity index (χ0n) is 20.4. The SMILES string of the molecule is CCCCCN=C(N/C(C)=C/C(C)CCCOC)c1ccccc1NCc1ccccc1. The molecule has 1 unspecified atom stereocenters. The van der Waals surface area contributed by atoms with E-state index < -0.39 is 0 Å². The number of allylic oxidation sites excluding steroid dienone is 2. The zero-order valence-corrected chi connectivity index (χ0v) is 20.4. The van der Waals surface area contributed by atoms with Crippen molar-refractivity contribution in [2.24, 2.45) is 10.9 Å². The molecule has 0 amide bonds. The first kappa shape index (κ1) is 25.7. The highest BCUT2D eigenvalue weighted by Gasteiger charge is 2.10. The Hall–Kier alpha value is -2.59. The number of para-hydroxylation sites is 1. The quantitative estimate of drug-likeness (QED) is 0.195. The van der Waals surface area contributed by atoms with Crippen LogP contribution in [0.25, 0.3) is 0 Å². The molecule has 2 rings (SSSR count). The Morgan fingerprint density at radius 1 is 1.03 bits per heavy atom. The van der Waals surface area contributed by atoms with Gasteiger partial charge in [-0.15, -0.1) is 0 Å². The zero-order chi connectivity index (χ0) is 23.0. The van der Waals surface area contributed by atoms with Crippen LogP contribution in [0.2, 0.25) is 0 Å². The summed E-state index contributed by atoms with van der Waals surface area (Å²) in [6.45, 7) is 9.05. The van der Waals surface area contributed by atoms with Crippen LogP contribution in [0.4, 0.5) is 5.69 Å². The predicted octanol–water partition coefficient (Wildman–Crippen LogP) is 6.79. The van der Waals surface area contributed by atoms with E-state index in [9.17, 15) is 0 Å². The van der Waals surface area contributed by atoms with Gasteiger partial charge in [0.15, 0.2) is 0 Å². The van der Waals surface area contributed by atoms with E-state index in [0.717, 1.165) is 61.7 Å². The van der Waals surface area contributed by atoms with Gasteiger partial charge in [-0.3, -0.25) is 4.99 Å². The molecule has 0 aliphatic rings. The number of hydrogen-bond donors (Lipinski definition) is 2. The molecule has 0 aromatic heterocycles. The Morgan fingerprint density at radius 2 is 1.78 bits per heavy atom. The highest BCUT2D eigenvalue weighted by atomic mass is 16.5. The van der Waals surface area contributed by atoms with E-state index in [1.165, 1.54) is 18.4 Å². The highest BCUT2D eigenvalue weighted by Crippen LogP contribution is 2.18. The number of nitrogens with one attached hydrogen (secondary N) is 2. The number of rotatable bonds is 14. The maximum Gasteiger partial charge on any atom is 0.134 e. The minimum absolute atomic E-state index is 0.491. The molecule has 0 aliphatic carbocycles. The molecule has 0 bridgehead atoms. The van der Waals surface area contributed by atoms with Crippen molar-refractivity contribution in [3.05, 3.63) is 77.5 Å². The molecule has 0 saturated carbocycles. The lowest BCUT2D eigenvalue weighted by Crippen LogP contribution is -2.25. The largest absolute Gasteiger partial charge is 0.385 e. The lowest BCUT2D eigenvalue weighted by Gasteiger charge is -2.17. The van der Waals surface area contributed by atoms with Crippen molar-refractivity contribution in [3.8, 4) is 0 Å². The molecule has 0 spiro atoms. The van der Waals surface area contributed by atoms with Gasteiger partial charge in [-0.1, -0.05) is 75.2 Å². The summed E-state index contributed by atoms with van der Waals surface area (Å²) in [4.78, 5) is 4.97. The third-order valence-electron chi connectivity index (χ3n) is 5.40. The van der Waals surface area contributed by atoms with E-state index in [2.05, 4.69) is 86.0 Å². The second kappa shape index (κ2) is 15.3. The van der Waals surface area contributed by atoms with Gasteiger partial charge in [-0.05, 0) is 49.8 Å². The molecule has 4 heteroatoms. The first-order chi connectivity index (χ1) is 15.6. The van der Waals surface area contributed by atoms with E-state index >= 15 is 0 Å². The maximum absolute atomic E-state index is 5.19. The molecule has 32 heavy (non-hydrogen) atoms. The minimum Gasteiger partial charge on any atom is -0.385 e. The Morgan fingerprint density at radius 3 is 2.53 bits per heavy atom. The van der Waals surface area contributed by atoms with Crippen LogP contribution in [0.3, 0.4) is 0 Å². The van der Waals surface area contributed by atoms with Crippen molar-refractivity contribution in [2.75, 3.05) is 25.6 Å². The fourth-order valence-electron chi connectivity index (χ4n) is 3.67. The topological polar surface area (TPSA) is 45.7 Å². The van der Waals surface area contributed by atoms with Gasteiger partial charge in [0.1, 0.15) is 5.84 Å². The monoisotopic (exact) mass is 435 g/mol. The molecule has 0 radical (unpaired) electrons. The third kappa shape index (κ3) is 9.69. The summed E-state index contributed by atoms with van der Waals surface area (Å²) in [6.07, 6.45) is 8.01. The molecule has 2 aromatic rings. The molecular formula is C28H41N3O. The summed E-state index contributed by atoms with van der Waals surface area (Å²) >= 11 is 0. The maximum atomic E-state index is 5.19. The summed E-state index contributed by atoms with van der Waals surface area (Å²) < 4.78 is 5.19. The van der Waals surface area contributed by atoms with E-state index in [1.807, 2.05) is 6.07 Å². The van der Waals surface area contributed by atoms with Crippen LogP contribution in [0.1, 0.15) is 64.0 Å². The van der Waals surface area contributed by atoms with Gasteiger partial charge < -0.3 is 15.4 Å². The lowest BCUT2D eigenvalue weighted by atomic mass is 10.0. The normalized spacial score (nSPS) is 13.1. The van der Waals surface area contributed by atoms with Crippen LogP contribution >= 0.6 is 0 Å². The summed E-state index contributed by atoms with van der Waals surface area (Å²) in [7, 11) is 1.76. The molecule has 4 nitrogen and oxygen atoms in total. The van der Waals surface area contributed by atoms with Crippen molar-refractivity contribution >= 4 is 11.5 Å². The van der Waals surface area contributed by atoms with Gasteiger partial charge in [0.25, 0.3) is 0 Å². The number of benzene rings is 2. The Balaban J connectivity index is 2.17. The molecule has 174 valence electrons. The second-order valence-electron chi connectivity index (χ2n) is 8.41. The second-order valence-corrected chi connectivity index (χ2v) is 8.41. The van der Waals surface area contributed by atoms with Crippen LogP contribution in [-0.4, -0.2) is 26.1 Å². The molecule has 0 fully saturated rings. The lowest BCUT2D eigenvalue weighted by molar-refractivity contribution is 0.190. The molecular weight excluding hydrogens is 394 g/mol. The van der Waals surface area contributed by atoms with Gasteiger partial charge in [0, 0.05) is 43.8 Å². The highest BCUT2D eigenvalue weighted by molar-refractivity contribution is 6.04. The summed E-state index contributed by atoms with van der Waals surface area (Å²) in [5, 5.41) is 7.22. The Kier molecular flexibility index (Phi) is 12.2. The molecule has 0 saturated heterocycles. The number of nitrogens with zero attached hydrogens (tertiary/aromatic N) is 1. The molecule has 2 aromatic carbocycles. The fourth-order valence-corrected chi connectivity index (χ4v) is 3.67. The average molecular weight is 436 g/mol.